The van der Waals surface area contributed by atoms with Crippen molar-refractivity contribution in [1.82, 2.24) is 0 Å². The van der Waals surface area contributed by atoms with Crippen LogP contribution in [0.25, 0.3) is 12.2 Å². The molecule has 2 N–H and O–H groups in total. The lowest BCUT2D eigenvalue weighted by Gasteiger charge is -2.18. The van der Waals surface area contributed by atoms with E-state index in [1.54, 1.807) is 16.3 Å². The minimum atomic E-state index is 0.722. The van der Waals surface area contributed by atoms with Crippen LogP contribution in [0, 0.1) is 6.92 Å². The molecule has 0 bridgehead atoms. The maximum absolute atomic E-state index is 5.98. The van der Waals surface area contributed by atoms with Crippen molar-refractivity contribution in [2.24, 2.45) is 5.84 Å². The summed E-state index contributed by atoms with van der Waals surface area (Å²) in [6.45, 7) is 2.13. The van der Waals surface area contributed by atoms with E-state index in [0.717, 1.165) is 11.6 Å². The quantitative estimate of drug-likeness (QED) is 0.665. The van der Waals surface area contributed by atoms with Crippen molar-refractivity contribution in [2.75, 3.05) is 12.1 Å². The molecule has 1 aromatic carbocycles. The Labute approximate surface area is 124 Å². The topological polar surface area (TPSA) is 29.3 Å². The third-order valence-corrected chi connectivity index (χ3v) is 4.69. The fourth-order valence-electron chi connectivity index (χ4n) is 2.52. The summed E-state index contributed by atoms with van der Waals surface area (Å²) in [6, 6.07) is 8.65. The number of aryl methyl sites for hydroxylation is 1. The van der Waals surface area contributed by atoms with Crippen molar-refractivity contribution in [1.29, 1.82) is 0 Å². The first-order valence-electron chi connectivity index (χ1n) is 6.99. The van der Waals surface area contributed by atoms with Crippen molar-refractivity contribution < 1.29 is 0 Å². The monoisotopic (exact) mass is 284 g/mol. The third kappa shape index (κ3) is 2.79. The van der Waals surface area contributed by atoms with Crippen LogP contribution in [0.2, 0.25) is 0 Å². The summed E-state index contributed by atoms with van der Waals surface area (Å²) in [5, 5.41) is 3.90. The van der Waals surface area contributed by atoms with Crippen LogP contribution in [-0.2, 0) is 0 Å². The highest BCUT2D eigenvalue weighted by atomic mass is 32.1. The van der Waals surface area contributed by atoms with Crippen LogP contribution in [0.1, 0.15) is 40.3 Å². The van der Waals surface area contributed by atoms with Gasteiger partial charge in [-0.05, 0) is 60.4 Å². The largest absolute Gasteiger partial charge is 0.314 e. The van der Waals surface area contributed by atoms with Crippen LogP contribution in [0.4, 0.5) is 5.69 Å². The Bertz CT molecular complexity index is 616. The van der Waals surface area contributed by atoms with Crippen molar-refractivity contribution in [3.63, 3.8) is 0 Å². The van der Waals surface area contributed by atoms with E-state index in [1.165, 1.54) is 34.4 Å². The van der Waals surface area contributed by atoms with Crippen LogP contribution in [0.3, 0.4) is 0 Å². The Morgan fingerprint density at radius 3 is 2.70 bits per heavy atom. The molecule has 104 valence electrons. The van der Waals surface area contributed by atoms with E-state index >= 15 is 0 Å². The molecule has 1 fully saturated rings. The van der Waals surface area contributed by atoms with Gasteiger partial charge in [0.05, 0.1) is 5.69 Å². The lowest BCUT2D eigenvalue weighted by molar-refractivity contribution is 1.00. The molecule has 1 saturated carbocycles. The Balaban J connectivity index is 1.99. The van der Waals surface area contributed by atoms with Gasteiger partial charge in [0.25, 0.3) is 0 Å². The van der Waals surface area contributed by atoms with Gasteiger partial charge in [-0.3, -0.25) is 0 Å². The van der Waals surface area contributed by atoms with Crippen LogP contribution in [0.15, 0.2) is 29.6 Å². The van der Waals surface area contributed by atoms with Gasteiger partial charge in [-0.15, -0.1) is 11.3 Å². The molecule has 1 aliphatic carbocycles. The standard InChI is InChI=1S/C17H20N2S/c1-12-10-14(20-11-12)8-9-16-15(13-6-7-13)4-3-5-17(16)19(2)18/h3-5,8-11,13H,6-7,18H2,1-2H3/b9-8+. The summed E-state index contributed by atoms with van der Waals surface area (Å²) < 4.78 is 0. The molecule has 0 aliphatic heterocycles. The molecule has 0 amide bonds. The predicted molar refractivity (Wildman–Crippen MR) is 89.0 cm³/mol. The first-order chi connectivity index (χ1) is 9.65. The van der Waals surface area contributed by atoms with Gasteiger partial charge >= 0.3 is 0 Å². The van der Waals surface area contributed by atoms with Gasteiger partial charge in [-0.2, -0.15) is 0 Å². The second-order valence-corrected chi connectivity index (χ2v) is 6.47. The Morgan fingerprint density at radius 2 is 2.10 bits per heavy atom. The highest BCUT2D eigenvalue weighted by molar-refractivity contribution is 7.11. The maximum Gasteiger partial charge on any atom is 0.0589 e. The number of hydrogen-bond acceptors (Lipinski definition) is 3. The number of thiophene rings is 1. The number of nitrogens with two attached hydrogens (primary N) is 1. The van der Waals surface area contributed by atoms with Crippen LogP contribution in [-0.4, -0.2) is 7.05 Å². The van der Waals surface area contributed by atoms with Gasteiger partial charge in [0, 0.05) is 17.5 Å². The average molecular weight is 284 g/mol. The zero-order valence-electron chi connectivity index (χ0n) is 12.0. The molecule has 0 saturated heterocycles. The Morgan fingerprint density at radius 1 is 1.30 bits per heavy atom. The highest BCUT2D eigenvalue weighted by Gasteiger charge is 2.26. The molecule has 1 aromatic heterocycles. The first kappa shape index (κ1) is 13.4. The molecule has 2 nitrogen and oxygen atoms in total. The van der Waals surface area contributed by atoms with Crippen molar-refractivity contribution in [3.8, 4) is 0 Å². The molecule has 20 heavy (non-hydrogen) atoms. The minimum Gasteiger partial charge on any atom is -0.314 e. The van der Waals surface area contributed by atoms with Crippen molar-refractivity contribution in [3.05, 3.63) is 51.2 Å². The minimum absolute atomic E-state index is 0.722. The van der Waals surface area contributed by atoms with Gasteiger partial charge in [0.1, 0.15) is 0 Å². The second-order valence-electron chi connectivity index (χ2n) is 5.52. The summed E-state index contributed by atoms with van der Waals surface area (Å²) in [7, 11) is 1.90. The summed E-state index contributed by atoms with van der Waals surface area (Å²) in [4.78, 5) is 1.29. The SMILES string of the molecule is Cc1csc(/C=C/c2c(C3CC3)cccc2N(C)N)c1. The van der Waals surface area contributed by atoms with Crippen molar-refractivity contribution >= 4 is 29.2 Å². The zero-order chi connectivity index (χ0) is 14.1. The molecule has 0 atom stereocenters. The average Bonchev–Trinajstić information content (AvgIpc) is 3.19. The summed E-state index contributed by atoms with van der Waals surface area (Å²) >= 11 is 1.78. The van der Waals surface area contributed by atoms with E-state index in [9.17, 15) is 0 Å². The number of benzene rings is 1. The molecule has 1 aliphatic rings. The van der Waals surface area contributed by atoms with Gasteiger partial charge in [0.2, 0.25) is 0 Å². The number of hydrogen-bond donors (Lipinski definition) is 1. The van der Waals surface area contributed by atoms with E-state index in [4.69, 9.17) is 5.84 Å². The highest BCUT2D eigenvalue weighted by Crippen LogP contribution is 2.44. The van der Waals surface area contributed by atoms with Gasteiger partial charge in [-0.1, -0.05) is 18.2 Å². The van der Waals surface area contributed by atoms with Gasteiger partial charge < -0.3 is 5.01 Å². The molecule has 1 heterocycles. The molecule has 0 spiro atoms. The van der Waals surface area contributed by atoms with E-state index in [0.29, 0.717) is 0 Å². The number of rotatable bonds is 4. The van der Waals surface area contributed by atoms with E-state index in [-0.39, 0.29) is 0 Å². The molecular weight excluding hydrogens is 264 g/mol. The number of hydrazine groups is 1. The predicted octanol–water partition coefficient (Wildman–Crippen LogP) is 4.41. The zero-order valence-corrected chi connectivity index (χ0v) is 12.8. The van der Waals surface area contributed by atoms with Crippen LogP contribution < -0.4 is 10.9 Å². The number of nitrogens with zero attached hydrogens (tertiary/aromatic N) is 1. The molecule has 3 heteroatoms. The van der Waals surface area contributed by atoms with E-state index in [1.807, 2.05) is 7.05 Å². The van der Waals surface area contributed by atoms with E-state index < -0.39 is 0 Å². The first-order valence-corrected chi connectivity index (χ1v) is 7.87. The molecule has 0 radical (unpaired) electrons. The fraction of sp³-hybridized carbons (Fsp3) is 0.294. The van der Waals surface area contributed by atoms with Crippen LogP contribution >= 0.6 is 11.3 Å². The lowest BCUT2D eigenvalue weighted by Crippen LogP contribution is -2.26. The molecule has 0 unspecified atom stereocenters. The van der Waals surface area contributed by atoms with Crippen LogP contribution in [0.5, 0.6) is 0 Å². The molecular formula is C17H20N2S. The summed E-state index contributed by atoms with van der Waals surface area (Å²) in [6.07, 6.45) is 7.02. The van der Waals surface area contributed by atoms with Gasteiger partial charge in [0.15, 0.2) is 0 Å². The fourth-order valence-corrected chi connectivity index (χ4v) is 3.31. The summed E-state index contributed by atoms with van der Waals surface area (Å²) in [5.41, 5.74) is 5.12. The molecule has 3 rings (SSSR count). The second kappa shape index (κ2) is 5.43. The Kier molecular flexibility index (Phi) is 3.64. The smallest absolute Gasteiger partial charge is 0.0589 e. The number of anilines is 1. The Hall–Kier alpha value is -1.58. The van der Waals surface area contributed by atoms with Crippen molar-refractivity contribution in [2.45, 2.75) is 25.7 Å². The third-order valence-electron chi connectivity index (χ3n) is 3.68. The van der Waals surface area contributed by atoms with Gasteiger partial charge in [-0.25, -0.2) is 5.84 Å². The molecule has 2 aromatic rings. The van der Waals surface area contributed by atoms with E-state index in [2.05, 4.69) is 48.7 Å². The normalized spacial score (nSPS) is 14.9. The maximum atomic E-state index is 5.98. The lowest BCUT2D eigenvalue weighted by atomic mass is 10.0. The summed E-state index contributed by atoms with van der Waals surface area (Å²) in [5.74, 6) is 6.70.